The van der Waals surface area contributed by atoms with Gasteiger partial charge in [-0.1, -0.05) is 44.2 Å². The minimum atomic E-state index is -1.49. The molecule has 8 N–H and O–H groups in total. The lowest BCUT2D eigenvalue weighted by Crippen LogP contribution is -2.59. The number of hydrogen-bond acceptors (Lipinski definition) is 7. The van der Waals surface area contributed by atoms with E-state index in [0.29, 0.717) is 5.56 Å². The minimum Gasteiger partial charge on any atom is -0.481 e. The summed E-state index contributed by atoms with van der Waals surface area (Å²) >= 11 is 0. The molecule has 4 unspecified atom stereocenters. The molecule has 182 valence electrons. The van der Waals surface area contributed by atoms with Crippen LogP contribution in [0.4, 0.5) is 0 Å². The van der Waals surface area contributed by atoms with Crippen molar-refractivity contribution in [3.63, 3.8) is 0 Å². The van der Waals surface area contributed by atoms with Gasteiger partial charge in [-0.3, -0.25) is 19.2 Å². The van der Waals surface area contributed by atoms with Crippen molar-refractivity contribution < 1.29 is 39.3 Å². The van der Waals surface area contributed by atoms with Crippen molar-refractivity contribution in [3.8, 4) is 0 Å². The van der Waals surface area contributed by atoms with Gasteiger partial charge in [0.05, 0.1) is 19.1 Å². The summed E-state index contributed by atoms with van der Waals surface area (Å²) in [5, 5.41) is 34.7. The molecule has 3 amide bonds. The Balaban J connectivity index is 2.84. The van der Waals surface area contributed by atoms with Gasteiger partial charge < -0.3 is 37.0 Å². The molecule has 0 fully saturated rings. The molecule has 0 aliphatic carbocycles. The van der Waals surface area contributed by atoms with E-state index in [1.54, 1.807) is 44.2 Å². The number of carboxylic acid groups (broad SMARTS) is 2. The van der Waals surface area contributed by atoms with Gasteiger partial charge in [-0.25, -0.2) is 4.79 Å². The van der Waals surface area contributed by atoms with Crippen molar-refractivity contribution in [2.24, 2.45) is 11.7 Å². The average Bonchev–Trinajstić information content (AvgIpc) is 2.74. The van der Waals surface area contributed by atoms with Gasteiger partial charge in [0, 0.05) is 6.42 Å². The van der Waals surface area contributed by atoms with Crippen molar-refractivity contribution in [2.75, 3.05) is 6.61 Å². The second kappa shape index (κ2) is 13.1. The number of nitrogens with one attached hydrogen (secondary N) is 3. The SMILES string of the molecule is CC(C)C(NC(=O)C(N)CC(=O)O)C(=O)NC(CO)C(=O)NC(Cc1ccccc1)C(=O)O. The van der Waals surface area contributed by atoms with Crippen molar-refractivity contribution >= 4 is 29.7 Å². The molecule has 0 aromatic heterocycles. The third-order valence-electron chi connectivity index (χ3n) is 4.69. The Kier molecular flexibility index (Phi) is 11.0. The van der Waals surface area contributed by atoms with Crippen LogP contribution in [0.15, 0.2) is 30.3 Å². The number of nitrogens with two attached hydrogens (primary N) is 1. The Morgan fingerprint density at radius 2 is 1.45 bits per heavy atom. The number of carboxylic acids is 2. The molecule has 0 saturated heterocycles. The van der Waals surface area contributed by atoms with Crippen molar-refractivity contribution in [3.05, 3.63) is 35.9 Å². The number of hydrogen-bond donors (Lipinski definition) is 7. The topological polar surface area (TPSA) is 208 Å². The number of rotatable bonds is 13. The monoisotopic (exact) mass is 466 g/mol. The van der Waals surface area contributed by atoms with Gasteiger partial charge in [-0.05, 0) is 11.5 Å². The van der Waals surface area contributed by atoms with Crippen LogP contribution in [0.1, 0.15) is 25.8 Å². The molecule has 0 saturated carbocycles. The van der Waals surface area contributed by atoms with Crippen LogP contribution >= 0.6 is 0 Å². The molecule has 1 aromatic rings. The van der Waals surface area contributed by atoms with Crippen LogP contribution in [0.3, 0.4) is 0 Å². The van der Waals surface area contributed by atoms with Gasteiger partial charge in [0.1, 0.15) is 18.1 Å². The highest BCUT2D eigenvalue weighted by Crippen LogP contribution is 2.06. The number of aliphatic hydroxyl groups excluding tert-OH is 1. The summed E-state index contributed by atoms with van der Waals surface area (Å²) in [4.78, 5) is 59.6. The lowest BCUT2D eigenvalue weighted by molar-refractivity contribution is -0.142. The van der Waals surface area contributed by atoms with Crippen molar-refractivity contribution in [1.82, 2.24) is 16.0 Å². The number of carbonyl (C=O) groups is 5. The van der Waals surface area contributed by atoms with Crippen LogP contribution in [-0.2, 0) is 30.4 Å². The molecule has 4 atom stereocenters. The van der Waals surface area contributed by atoms with E-state index >= 15 is 0 Å². The molecule has 33 heavy (non-hydrogen) atoms. The molecule has 0 aliphatic rings. The Bertz CT molecular complexity index is 846. The second-order valence-electron chi connectivity index (χ2n) is 7.77. The van der Waals surface area contributed by atoms with Crippen LogP contribution in [0.5, 0.6) is 0 Å². The zero-order chi connectivity index (χ0) is 25.1. The molecule has 1 aromatic carbocycles. The van der Waals surface area contributed by atoms with E-state index < -0.39 is 72.8 Å². The van der Waals surface area contributed by atoms with Gasteiger partial charge >= 0.3 is 11.9 Å². The van der Waals surface area contributed by atoms with Gasteiger partial charge in [0.25, 0.3) is 0 Å². The number of amides is 3. The quantitative estimate of drug-likeness (QED) is 0.175. The second-order valence-corrected chi connectivity index (χ2v) is 7.77. The highest BCUT2D eigenvalue weighted by molar-refractivity contribution is 5.94. The van der Waals surface area contributed by atoms with E-state index in [2.05, 4.69) is 16.0 Å². The zero-order valence-corrected chi connectivity index (χ0v) is 18.4. The smallest absolute Gasteiger partial charge is 0.326 e. The van der Waals surface area contributed by atoms with Crippen molar-refractivity contribution in [2.45, 2.75) is 50.9 Å². The molecular formula is C21H30N4O8. The van der Waals surface area contributed by atoms with Crippen LogP contribution in [-0.4, -0.2) is 75.8 Å². The van der Waals surface area contributed by atoms with Gasteiger partial charge in [0.15, 0.2) is 0 Å². The van der Waals surface area contributed by atoms with Gasteiger partial charge in [0.2, 0.25) is 17.7 Å². The summed E-state index contributed by atoms with van der Waals surface area (Å²) in [6.07, 6.45) is -0.655. The first-order chi connectivity index (χ1) is 15.5. The first-order valence-electron chi connectivity index (χ1n) is 10.2. The predicted octanol–water partition coefficient (Wildman–Crippen LogP) is -1.78. The maximum Gasteiger partial charge on any atom is 0.326 e. The molecule has 12 heteroatoms. The first-order valence-corrected chi connectivity index (χ1v) is 10.2. The highest BCUT2D eigenvalue weighted by atomic mass is 16.4. The van der Waals surface area contributed by atoms with E-state index in [1.807, 2.05) is 0 Å². The standard InChI is InChI=1S/C21H30N4O8/c1-11(2)17(25-18(29)13(22)9-16(27)28)20(31)24-15(10-26)19(30)23-14(21(32)33)8-12-6-4-3-5-7-12/h3-7,11,13-15,17,26H,8-10,22H2,1-2H3,(H,23,30)(H,24,31)(H,25,29)(H,27,28)(H,32,33). The Morgan fingerprint density at radius 1 is 0.879 bits per heavy atom. The van der Waals surface area contributed by atoms with E-state index in [-0.39, 0.29) is 6.42 Å². The molecule has 0 heterocycles. The third-order valence-corrected chi connectivity index (χ3v) is 4.69. The lowest BCUT2D eigenvalue weighted by Gasteiger charge is -2.26. The van der Waals surface area contributed by atoms with Crippen LogP contribution in [0, 0.1) is 5.92 Å². The number of aliphatic hydroxyl groups is 1. The van der Waals surface area contributed by atoms with E-state index in [0.717, 1.165) is 0 Å². The summed E-state index contributed by atoms with van der Waals surface area (Å²) in [5.74, 6) is -5.68. The number of carbonyl (C=O) groups excluding carboxylic acids is 3. The number of benzene rings is 1. The fourth-order valence-corrected chi connectivity index (χ4v) is 2.85. The molecule has 0 radical (unpaired) electrons. The maximum atomic E-state index is 12.7. The maximum absolute atomic E-state index is 12.7. The molecule has 0 spiro atoms. The lowest BCUT2D eigenvalue weighted by atomic mass is 10.0. The third kappa shape index (κ3) is 9.25. The fraction of sp³-hybridized carbons (Fsp3) is 0.476. The summed E-state index contributed by atoms with van der Waals surface area (Å²) in [7, 11) is 0. The number of aliphatic carboxylic acids is 2. The van der Waals surface area contributed by atoms with E-state index in [4.69, 9.17) is 10.8 Å². The zero-order valence-electron chi connectivity index (χ0n) is 18.4. The molecule has 0 aliphatic heterocycles. The Morgan fingerprint density at radius 3 is 1.94 bits per heavy atom. The van der Waals surface area contributed by atoms with E-state index in [1.165, 1.54) is 0 Å². The highest BCUT2D eigenvalue weighted by Gasteiger charge is 2.31. The molecule has 1 rings (SSSR count). The van der Waals surface area contributed by atoms with Crippen molar-refractivity contribution in [1.29, 1.82) is 0 Å². The molecule has 0 bridgehead atoms. The molecular weight excluding hydrogens is 436 g/mol. The molecule has 12 nitrogen and oxygen atoms in total. The summed E-state index contributed by atoms with van der Waals surface area (Å²) in [6, 6.07) is 3.22. The van der Waals surface area contributed by atoms with Crippen LogP contribution in [0.25, 0.3) is 0 Å². The van der Waals surface area contributed by atoms with Crippen LogP contribution < -0.4 is 21.7 Å². The minimum absolute atomic E-state index is 0.0137. The summed E-state index contributed by atoms with van der Waals surface area (Å²) in [6.45, 7) is 2.37. The Hall–Kier alpha value is -3.51. The largest absolute Gasteiger partial charge is 0.481 e. The Labute approximate surface area is 190 Å². The summed E-state index contributed by atoms with van der Waals surface area (Å²) < 4.78 is 0. The summed E-state index contributed by atoms with van der Waals surface area (Å²) in [5.41, 5.74) is 6.17. The van der Waals surface area contributed by atoms with Gasteiger partial charge in [-0.2, -0.15) is 0 Å². The first kappa shape index (κ1) is 27.5. The fourth-order valence-electron chi connectivity index (χ4n) is 2.85. The van der Waals surface area contributed by atoms with E-state index in [9.17, 15) is 34.2 Å². The normalized spacial score (nSPS) is 14.5. The predicted molar refractivity (Wildman–Crippen MR) is 116 cm³/mol. The average molecular weight is 466 g/mol. The van der Waals surface area contributed by atoms with Gasteiger partial charge in [-0.15, -0.1) is 0 Å². The van der Waals surface area contributed by atoms with Crippen LogP contribution in [0.2, 0.25) is 0 Å².